The smallest absolute Gasteiger partial charge is 0.337 e. The summed E-state index contributed by atoms with van der Waals surface area (Å²) in [5, 5.41) is 13.5. The molecule has 8 heteroatoms. The number of benzene rings is 1. The number of halogens is 2. The van der Waals surface area contributed by atoms with Crippen LogP contribution >= 0.6 is 27.5 Å². The van der Waals surface area contributed by atoms with Crippen molar-refractivity contribution in [3.63, 3.8) is 0 Å². The number of aliphatic hydroxyl groups excluding tert-OH is 1. The molecule has 0 aliphatic carbocycles. The van der Waals surface area contributed by atoms with Crippen LogP contribution in [0.5, 0.6) is 0 Å². The van der Waals surface area contributed by atoms with Crippen molar-refractivity contribution >= 4 is 39.4 Å². The molecular formula is C18H18BrClN2O4. The minimum absolute atomic E-state index is 0.121. The Morgan fingerprint density at radius 3 is 2.73 bits per heavy atom. The molecule has 2 atom stereocenters. The predicted octanol–water partition coefficient (Wildman–Crippen LogP) is 2.76. The Morgan fingerprint density at radius 2 is 2.08 bits per heavy atom. The Bertz CT molecular complexity index is 787. The highest BCUT2D eigenvalue weighted by molar-refractivity contribution is 9.10. The molecule has 1 heterocycles. The number of aliphatic hydroxyl groups is 1. The van der Waals surface area contributed by atoms with E-state index >= 15 is 0 Å². The average molecular weight is 442 g/mol. The standard InChI is InChI=1S/C18H18BrClN2O4/c1-2-26-18(25)16(23)14(9-11-5-3-4-6-13(11)20)22-17(24)15-10-12(19)7-8-21-15/h3-8,10,14,16,23H,2,9H2,1H3,(H,22,24). The highest BCUT2D eigenvalue weighted by atomic mass is 79.9. The number of pyridine rings is 1. The Morgan fingerprint density at radius 1 is 1.35 bits per heavy atom. The predicted molar refractivity (Wildman–Crippen MR) is 101 cm³/mol. The van der Waals surface area contributed by atoms with E-state index in [1.54, 1.807) is 43.3 Å². The van der Waals surface area contributed by atoms with E-state index in [2.05, 4.69) is 26.2 Å². The third-order valence-electron chi connectivity index (χ3n) is 3.58. The minimum Gasteiger partial charge on any atom is -0.464 e. The quantitative estimate of drug-likeness (QED) is 0.645. The lowest BCUT2D eigenvalue weighted by Gasteiger charge is -2.23. The summed E-state index contributed by atoms with van der Waals surface area (Å²) >= 11 is 9.43. The SMILES string of the molecule is CCOC(=O)C(O)C(Cc1ccccc1Cl)NC(=O)c1cc(Br)ccn1. The first kappa shape index (κ1) is 20.4. The number of rotatable bonds is 7. The van der Waals surface area contributed by atoms with Gasteiger partial charge in [0, 0.05) is 15.7 Å². The summed E-state index contributed by atoms with van der Waals surface area (Å²) in [6, 6.07) is 9.31. The third-order valence-corrected chi connectivity index (χ3v) is 4.44. The molecule has 2 rings (SSSR count). The molecule has 2 N–H and O–H groups in total. The zero-order valence-electron chi connectivity index (χ0n) is 14.0. The highest BCUT2D eigenvalue weighted by Gasteiger charge is 2.30. The van der Waals surface area contributed by atoms with Gasteiger partial charge in [-0.15, -0.1) is 0 Å². The second-order valence-electron chi connectivity index (χ2n) is 5.43. The van der Waals surface area contributed by atoms with E-state index in [1.807, 2.05) is 0 Å². The normalized spacial score (nSPS) is 12.9. The van der Waals surface area contributed by atoms with Crippen LogP contribution in [-0.2, 0) is 16.0 Å². The van der Waals surface area contributed by atoms with Crippen LogP contribution in [0.4, 0.5) is 0 Å². The van der Waals surface area contributed by atoms with Crippen LogP contribution in [0.3, 0.4) is 0 Å². The van der Waals surface area contributed by atoms with Crippen LogP contribution in [0.15, 0.2) is 47.1 Å². The monoisotopic (exact) mass is 440 g/mol. The van der Waals surface area contributed by atoms with Crippen molar-refractivity contribution in [1.29, 1.82) is 0 Å². The fourth-order valence-corrected chi connectivity index (χ4v) is 2.85. The number of nitrogens with one attached hydrogen (secondary N) is 1. The van der Waals surface area contributed by atoms with Crippen molar-refractivity contribution in [2.45, 2.75) is 25.5 Å². The van der Waals surface area contributed by atoms with E-state index in [1.165, 1.54) is 6.20 Å². The summed E-state index contributed by atoms with van der Waals surface area (Å²) < 4.78 is 5.55. The lowest BCUT2D eigenvalue weighted by Crippen LogP contribution is -2.49. The zero-order chi connectivity index (χ0) is 19.1. The van der Waals surface area contributed by atoms with Gasteiger partial charge in [-0.05, 0) is 37.1 Å². The summed E-state index contributed by atoms with van der Waals surface area (Å²) in [5.74, 6) is -1.33. The first-order valence-electron chi connectivity index (χ1n) is 7.93. The van der Waals surface area contributed by atoms with Crippen molar-refractivity contribution in [3.8, 4) is 0 Å². The second-order valence-corrected chi connectivity index (χ2v) is 6.75. The van der Waals surface area contributed by atoms with Crippen molar-refractivity contribution in [1.82, 2.24) is 10.3 Å². The van der Waals surface area contributed by atoms with Crippen molar-refractivity contribution in [2.24, 2.45) is 0 Å². The van der Waals surface area contributed by atoms with Gasteiger partial charge in [0.05, 0.1) is 12.6 Å². The molecule has 6 nitrogen and oxygen atoms in total. The van der Waals surface area contributed by atoms with Crippen LogP contribution in [0.25, 0.3) is 0 Å². The molecule has 0 bridgehead atoms. The number of aromatic nitrogens is 1. The van der Waals surface area contributed by atoms with Gasteiger partial charge in [0.25, 0.3) is 5.91 Å². The Balaban J connectivity index is 2.23. The summed E-state index contributed by atoms with van der Waals surface area (Å²) in [5.41, 5.74) is 0.838. The number of hydrogen-bond acceptors (Lipinski definition) is 5. The van der Waals surface area contributed by atoms with Gasteiger partial charge in [-0.3, -0.25) is 9.78 Å². The first-order chi connectivity index (χ1) is 12.4. The molecule has 0 radical (unpaired) electrons. The number of hydrogen-bond donors (Lipinski definition) is 2. The van der Waals surface area contributed by atoms with Crippen LogP contribution < -0.4 is 5.32 Å². The maximum atomic E-state index is 12.5. The largest absolute Gasteiger partial charge is 0.464 e. The molecule has 1 aromatic carbocycles. The van der Waals surface area contributed by atoms with Gasteiger partial charge in [0.15, 0.2) is 6.10 Å². The molecule has 0 spiro atoms. The van der Waals surface area contributed by atoms with Crippen molar-refractivity contribution < 1.29 is 19.4 Å². The Labute approximate surface area is 164 Å². The van der Waals surface area contributed by atoms with E-state index in [0.717, 1.165) is 0 Å². The number of amides is 1. The van der Waals surface area contributed by atoms with Crippen LogP contribution in [0.2, 0.25) is 5.02 Å². The summed E-state index contributed by atoms with van der Waals surface area (Å²) in [6.45, 7) is 1.76. The Hall–Kier alpha value is -1.96. The lowest BCUT2D eigenvalue weighted by atomic mass is 10.0. The van der Waals surface area contributed by atoms with Gasteiger partial charge in [-0.2, -0.15) is 0 Å². The molecule has 0 aliphatic rings. The summed E-state index contributed by atoms with van der Waals surface area (Å²) in [7, 11) is 0. The highest BCUT2D eigenvalue weighted by Crippen LogP contribution is 2.18. The number of nitrogens with zero attached hydrogens (tertiary/aromatic N) is 1. The molecule has 0 saturated heterocycles. The van der Waals surface area contributed by atoms with Gasteiger partial charge in [0.1, 0.15) is 5.69 Å². The second kappa shape index (κ2) is 9.66. The number of esters is 1. The van der Waals surface area contributed by atoms with Crippen molar-refractivity contribution in [3.05, 3.63) is 63.3 Å². The molecule has 138 valence electrons. The molecule has 1 aromatic heterocycles. The summed E-state index contributed by atoms with van der Waals surface area (Å²) in [4.78, 5) is 28.4. The molecule has 0 fully saturated rings. The molecule has 0 aliphatic heterocycles. The lowest BCUT2D eigenvalue weighted by molar-refractivity contribution is -0.154. The number of carbonyl (C=O) groups excluding carboxylic acids is 2. The topological polar surface area (TPSA) is 88.5 Å². The average Bonchev–Trinajstić information content (AvgIpc) is 2.62. The number of carbonyl (C=O) groups is 2. The molecule has 1 amide bonds. The molecule has 2 unspecified atom stereocenters. The van der Waals surface area contributed by atoms with E-state index in [-0.39, 0.29) is 18.7 Å². The van der Waals surface area contributed by atoms with Crippen molar-refractivity contribution in [2.75, 3.05) is 6.61 Å². The van der Waals surface area contributed by atoms with E-state index in [0.29, 0.717) is 15.1 Å². The molecular weight excluding hydrogens is 424 g/mol. The molecule has 0 saturated carbocycles. The third kappa shape index (κ3) is 5.52. The summed E-state index contributed by atoms with van der Waals surface area (Å²) in [6.07, 6.45) is 0.0887. The van der Waals surface area contributed by atoms with Gasteiger partial charge >= 0.3 is 5.97 Å². The van der Waals surface area contributed by atoms with Gasteiger partial charge < -0.3 is 15.2 Å². The van der Waals surface area contributed by atoms with Crippen LogP contribution in [0, 0.1) is 0 Å². The number of ether oxygens (including phenoxy) is 1. The van der Waals surface area contributed by atoms with Crippen LogP contribution in [-0.4, -0.2) is 40.7 Å². The maximum absolute atomic E-state index is 12.5. The molecule has 2 aromatic rings. The van der Waals surface area contributed by atoms with E-state index in [4.69, 9.17) is 16.3 Å². The fraction of sp³-hybridized carbons (Fsp3) is 0.278. The first-order valence-corrected chi connectivity index (χ1v) is 9.10. The minimum atomic E-state index is -1.54. The maximum Gasteiger partial charge on any atom is 0.337 e. The van der Waals surface area contributed by atoms with Gasteiger partial charge in [-0.25, -0.2) is 4.79 Å². The molecule has 26 heavy (non-hydrogen) atoms. The van der Waals surface area contributed by atoms with Gasteiger partial charge in [0.2, 0.25) is 0 Å². The van der Waals surface area contributed by atoms with Gasteiger partial charge in [-0.1, -0.05) is 45.7 Å². The Kier molecular flexibility index (Phi) is 7.56. The van der Waals surface area contributed by atoms with E-state index < -0.39 is 24.0 Å². The zero-order valence-corrected chi connectivity index (χ0v) is 16.3. The van der Waals surface area contributed by atoms with E-state index in [9.17, 15) is 14.7 Å². The fourth-order valence-electron chi connectivity index (χ4n) is 2.31. The van der Waals surface area contributed by atoms with Crippen LogP contribution in [0.1, 0.15) is 23.0 Å².